The Balaban J connectivity index is 1.86. The van der Waals surface area contributed by atoms with E-state index in [9.17, 15) is 0 Å². The smallest absolute Gasteiger partial charge is 0.203 e. The Morgan fingerprint density at radius 3 is 3.00 bits per heavy atom. The molecule has 3 rings (SSSR count). The number of hydrogen-bond acceptors (Lipinski definition) is 4. The fourth-order valence-corrected chi connectivity index (χ4v) is 2.34. The van der Waals surface area contributed by atoms with E-state index >= 15 is 0 Å². The summed E-state index contributed by atoms with van der Waals surface area (Å²) in [6.45, 7) is 0.512. The first-order valence-corrected chi connectivity index (χ1v) is 6.82. The van der Waals surface area contributed by atoms with Crippen molar-refractivity contribution < 1.29 is 4.42 Å². The van der Waals surface area contributed by atoms with E-state index < -0.39 is 0 Å². The third kappa shape index (κ3) is 2.51. The van der Waals surface area contributed by atoms with Crippen LogP contribution in [0.15, 0.2) is 51.5 Å². The zero-order valence-electron chi connectivity index (χ0n) is 10.4. The van der Waals surface area contributed by atoms with Crippen molar-refractivity contribution in [3.05, 3.63) is 58.6 Å². The molecular weight excluding hydrogens is 318 g/mol. The van der Waals surface area contributed by atoms with E-state index in [-0.39, 0.29) is 0 Å². The van der Waals surface area contributed by atoms with Gasteiger partial charge in [-0.2, -0.15) is 5.26 Å². The zero-order valence-corrected chi connectivity index (χ0v) is 12.0. The molecular formula is C15H10BrN3O. The summed E-state index contributed by atoms with van der Waals surface area (Å²) in [6.07, 6.45) is 1.77. The van der Waals surface area contributed by atoms with Crippen LogP contribution in [-0.4, -0.2) is 4.98 Å². The topological polar surface area (TPSA) is 61.9 Å². The summed E-state index contributed by atoms with van der Waals surface area (Å²) < 4.78 is 6.28. The number of para-hydroxylation sites is 1. The molecule has 1 aromatic carbocycles. The van der Waals surface area contributed by atoms with Gasteiger partial charge >= 0.3 is 0 Å². The number of nitrogens with zero attached hydrogens (tertiary/aromatic N) is 2. The number of benzene rings is 1. The molecule has 2 heterocycles. The van der Waals surface area contributed by atoms with Gasteiger partial charge in [-0.15, -0.1) is 0 Å². The Morgan fingerprint density at radius 2 is 2.20 bits per heavy atom. The number of nitrogens with one attached hydrogen (secondary N) is 1. The lowest BCUT2D eigenvalue weighted by molar-refractivity contribution is 0.506. The first-order valence-electron chi connectivity index (χ1n) is 6.03. The van der Waals surface area contributed by atoms with Crippen LogP contribution >= 0.6 is 15.9 Å². The van der Waals surface area contributed by atoms with Gasteiger partial charge in [0.15, 0.2) is 0 Å². The number of furan rings is 1. The standard InChI is InChI=1S/C15H10BrN3O/c16-11-6-10-2-1-3-14(15(10)19-8-11)18-9-13-5-4-12(7-17)20-13/h1-6,8,18H,9H2. The largest absolute Gasteiger partial charge is 0.449 e. The van der Waals surface area contributed by atoms with Crippen LogP contribution in [0.4, 0.5) is 5.69 Å². The van der Waals surface area contributed by atoms with Crippen molar-refractivity contribution in [2.45, 2.75) is 6.54 Å². The summed E-state index contributed by atoms with van der Waals surface area (Å²) in [5, 5.41) is 13.1. The third-order valence-corrected chi connectivity index (χ3v) is 3.34. The van der Waals surface area contributed by atoms with Gasteiger partial charge in [0.1, 0.15) is 11.8 Å². The molecule has 1 N–H and O–H groups in total. The van der Waals surface area contributed by atoms with E-state index in [4.69, 9.17) is 9.68 Å². The van der Waals surface area contributed by atoms with Gasteiger partial charge in [0.05, 0.1) is 17.7 Å². The van der Waals surface area contributed by atoms with Gasteiger partial charge < -0.3 is 9.73 Å². The molecule has 3 aromatic rings. The summed E-state index contributed by atoms with van der Waals surface area (Å²) in [4.78, 5) is 4.42. The summed E-state index contributed by atoms with van der Waals surface area (Å²) in [5.41, 5.74) is 1.84. The SMILES string of the molecule is N#Cc1ccc(CNc2cccc3cc(Br)cnc23)o1. The number of fused-ring (bicyclic) bond motifs is 1. The number of nitriles is 1. The van der Waals surface area contributed by atoms with Crippen molar-refractivity contribution in [2.75, 3.05) is 5.32 Å². The van der Waals surface area contributed by atoms with Gasteiger partial charge in [-0.25, -0.2) is 0 Å². The second kappa shape index (κ2) is 5.35. The van der Waals surface area contributed by atoms with Gasteiger partial charge in [0.25, 0.3) is 0 Å². The molecule has 20 heavy (non-hydrogen) atoms. The molecule has 0 spiro atoms. The maximum atomic E-state index is 8.72. The average molecular weight is 328 g/mol. The zero-order chi connectivity index (χ0) is 13.9. The monoisotopic (exact) mass is 327 g/mol. The molecule has 0 unspecified atom stereocenters. The molecule has 0 saturated heterocycles. The highest BCUT2D eigenvalue weighted by Gasteiger charge is 2.05. The fourth-order valence-electron chi connectivity index (χ4n) is 1.99. The lowest BCUT2D eigenvalue weighted by Crippen LogP contribution is -1.99. The minimum Gasteiger partial charge on any atom is -0.449 e. The van der Waals surface area contributed by atoms with Gasteiger partial charge in [-0.05, 0) is 40.2 Å². The number of rotatable bonds is 3. The average Bonchev–Trinajstić information content (AvgIpc) is 2.92. The van der Waals surface area contributed by atoms with Crippen LogP contribution in [0.25, 0.3) is 10.9 Å². The number of aromatic nitrogens is 1. The maximum Gasteiger partial charge on any atom is 0.203 e. The van der Waals surface area contributed by atoms with Gasteiger partial charge in [0, 0.05) is 16.1 Å². The molecule has 0 amide bonds. The lowest BCUT2D eigenvalue weighted by Gasteiger charge is -2.07. The number of pyridine rings is 1. The summed E-state index contributed by atoms with van der Waals surface area (Å²) in [5.74, 6) is 1.04. The van der Waals surface area contributed by atoms with Crippen molar-refractivity contribution in [3.63, 3.8) is 0 Å². The second-order valence-electron chi connectivity index (χ2n) is 4.26. The number of hydrogen-bond donors (Lipinski definition) is 1. The van der Waals surface area contributed by atoms with Gasteiger partial charge in [-0.1, -0.05) is 12.1 Å². The van der Waals surface area contributed by atoms with Crippen LogP contribution in [-0.2, 0) is 6.54 Å². The molecule has 0 bridgehead atoms. The minimum absolute atomic E-state index is 0.321. The van der Waals surface area contributed by atoms with Crippen LogP contribution in [0.1, 0.15) is 11.5 Å². The summed E-state index contributed by atoms with van der Waals surface area (Å²) >= 11 is 3.41. The van der Waals surface area contributed by atoms with Crippen molar-refractivity contribution in [1.29, 1.82) is 5.26 Å². The van der Waals surface area contributed by atoms with Crippen LogP contribution in [0.2, 0.25) is 0 Å². The van der Waals surface area contributed by atoms with Crippen LogP contribution < -0.4 is 5.32 Å². The van der Waals surface area contributed by atoms with Crippen LogP contribution in [0, 0.1) is 11.3 Å². The Labute approximate surface area is 124 Å². The Kier molecular flexibility index (Phi) is 3.40. The second-order valence-corrected chi connectivity index (χ2v) is 5.18. The number of anilines is 1. The van der Waals surface area contributed by atoms with E-state index in [1.807, 2.05) is 30.3 Å². The molecule has 0 fully saturated rings. The van der Waals surface area contributed by atoms with E-state index in [0.29, 0.717) is 12.3 Å². The molecule has 2 aromatic heterocycles. The maximum absolute atomic E-state index is 8.72. The van der Waals surface area contributed by atoms with E-state index in [0.717, 1.165) is 26.8 Å². The van der Waals surface area contributed by atoms with E-state index in [2.05, 4.69) is 26.2 Å². The van der Waals surface area contributed by atoms with Gasteiger partial charge in [-0.3, -0.25) is 4.98 Å². The van der Waals surface area contributed by atoms with Crippen molar-refractivity contribution in [2.24, 2.45) is 0 Å². The number of halogens is 1. The molecule has 98 valence electrons. The highest BCUT2D eigenvalue weighted by Crippen LogP contribution is 2.24. The fraction of sp³-hybridized carbons (Fsp3) is 0.0667. The highest BCUT2D eigenvalue weighted by molar-refractivity contribution is 9.10. The lowest BCUT2D eigenvalue weighted by atomic mass is 10.2. The van der Waals surface area contributed by atoms with E-state index in [1.54, 1.807) is 18.3 Å². The van der Waals surface area contributed by atoms with Crippen molar-refractivity contribution >= 4 is 32.5 Å². The highest BCUT2D eigenvalue weighted by atomic mass is 79.9. The van der Waals surface area contributed by atoms with E-state index in [1.165, 1.54) is 0 Å². The predicted octanol–water partition coefficient (Wildman–Crippen LogP) is 4.07. The van der Waals surface area contributed by atoms with Crippen LogP contribution in [0.5, 0.6) is 0 Å². The predicted molar refractivity (Wildman–Crippen MR) is 80.2 cm³/mol. The Morgan fingerprint density at radius 1 is 1.30 bits per heavy atom. The normalized spacial score (nSPS) is 10.4. The summed E-state index contributed by atoms with van der Waals surface area (Å²) in [6, 6.07) is 13.4. The van der Waals surface area contributed by atoms with Crippen molar-refractivity contribution in [3.8, 4) is 6.07 Å². The molecule has 5 heteroatoms. The van der Waals surface area contributed by atoms with Crippen LogP contribution in [0.3, 0.4) is 0 Å². The molecule has 0 radical (unpaired) electrons. The first kappa shape index (κ1) is 12.7. The molecule has 0 aliphatic heterocycles. The minimum atomic E-state index is 0.321. The first-order chi connectivity index (χ1) is 9.76. The third-order valence-electron chi connectivity index (χ3n) is 2.90. The van der Waals surface area contributed by atoms with Gasteiger partial charge in [0.2, 0.25) is 5.76 Å². The Bertz CT molecular complexity index is 804. The molecule has 0 saturated carbocycles. The van der Waals surface area contributed by atoms with Crippen molar-refractivity contribution in [1.82, 2.24) is 4.98 Å². The molecule has 0 aliphatic rings. The molecule has 0 aliphatic carbocycles. The Hall–Kier alpha value is -2.32. The molecule has 0 atom stereocenters. The molecule has 4 nitrogen and oxygen atoms in total. The quantitative estimate of drug-likeness (QED) is 0.787. The summed E-state index contributed by atoms with van der Waals surface area (Å²) in [7, 11) is 0.